The average Bonchev–Trinajstić information content (AvgIpc) is 2.18. The van der Waals surface area contributed by atoms with E-state index in [-0.39, 0.29) is 5.71 Å². The van der Waals surface area contributed by atoms with Crippen LogP contribution in [0.15, 0.2) is 46.4 Å². The molecule has 0 aromatic heterocycles. The third kappa shape index (κ3) is 2.10. The van der Waals surface area contributed by atoms with Gasteiger partial charge in [0.1, 0.15) is 0 Å². The number of fused-ring (bicyclic) bond motifs is 1. The Morgan fingerprint density at radius 1 is 1.40 bits per heavy atom. The molecule has 1 N–H and O–H groups in total. The van der Waals surface area contributed by atoms with Gasteiger partial charge in [-0.05, 0) is 6.07 Å². The minimum Gasteiger partial charge on any atom is -0.476 e. The first-order chi connectivity index (χ1) is 7.29. The molecule has 15 heavy (non-hydrogen) atoms. The smallest absolute Gasteiger partial charge is 0.355 e. The molecule has 0 unspecified atom stereocenters. The van der Waals surface area contributed by atoms with Crippen molar-refractivity contribution in [2.75, 3.05) is 5.75 Å². The zero-order chi connectivity index (χ0) is 10.7. The van der Waals surface area contributed by atoms with E-state index in [1.807, 2.05) is 24.3 Å². The molecular weight excluding hydrogens is 210 g/mol. The summed E-state index contributed by atoms with van der Waals surface area (Å²) < 4.78 is 0. The van der Waals surface area contributed by atoms with Crippen LogP contribution in [0.25, 0.3) is 0 Å². The molecule has 0 radical (unpaired) electrons. The predicted molar refractivity (Wildman–Crippen MR) is 60.5 cm³/mol. The minimum absolute atomic E-state index is 0.106. The van der Waals surface area contributed by atoms with Gasteiger partial charge < -0.3 is 5.11 Å². The Hall–Kier alpha value is -1.55. The number of thioether (sulfide) groups is 1. The number of carboxylic acid groups (broad SMARTS) is 1. The predicted octanol–water partition coefficient (Wildman–Crippen LogP) is 2.18. The lowest BCUT2D eigenvalue weighted by molar-refractivity contribution is -0.129. The van der Waals surface area contributed by atoms with Crippen LogP contribution in [0, 0.1) is 0 Å². The number of rotatable bonds is 1. The average molecular weight is 219 g/mol. The molecule has 4 heteroatoms. The lowest BCUT2D eigenvalue weighted by atomic mass is 10.1. The molecule has 0 aliphatic carbocycles. The maximum atomic E-state index is 11.0. The van der Waals surface area contributed by atoms with Crippen molar-refractivity contribution in [3.05, 3.63) is 42.1 Å². The van der Waals surface area contributed by atoms with Gasteiger partial charge in [0.05, 0.1) is 0 Å². The van der Waals surface area contributed by atoms with Crippen LogP contribution in [0.3, 0.4) is 0 Å². The van der Waals surface area contributed by atoms with E-state index in [9.17, 15) is 4.79 Å². The standard InChI is InChI=1S/C11H9NO2S/c13-11(14)10-8-4-1-2-5-9(8)15-7-3-6-12-10/h1-6H,7H2,(H,13,14). The molecular formula is C11H9NO2S. The largest absolute Gasteiger partial charge is 0.476 e. The van der Waals surface area contributed by atoms with E-state index in [0.717, 1.165) is 10.6 Å². The quantitative estimate of drug-likeness (QED) is 0.787. The van der Waals surface area contributed by atoms with Crippen LogP contribution in [0.2, 0.25) is 0 Å². The summed E-state index contributed by atoms with van der Waals surface area (Å²) in [6.45, 7) is 0. The van der Waals surface area contributed by atoms with Crippen LogP contribution >= 0.6 is 11.8 Å². The Kier molecular flexibility index (Phi) is 2.87. The van der Waals surface area contributed by atoms with E-state index >= 15 is 0 Å². The van der Waals surface area contributed by atoms with Crippen LogP contribution in [0.5, 0.6) is 0 Å². The second kappa shape index (κ2) is 4.31. The molecule has 0 spiro atoms. The molecule has 3 nitrogen and oxygen atoms in total. The van der Waals surface area contributed by atoms with Crippen LogP contribution < -0.4 is 0 Å². The molecule has 76 valence electrons. The number of carboxylic acids is 1. The minimum atomic E-state index is -0.991. The van der Waals surface area contributed by atoms with Crippen molar-refractivity contribution in [3.63, 3.8) is 0 Å². The van der Waals surface area contributed by atoms with E-state index in [2.05, 4.69) is 4.99 Å². The Morgan fingerprint density at radius 2 is 2.20 bits per heavy atom. The highest BCUT2D eigenvalue weighted by Crippen LogP contribution is 2.24. The molecule has 1 aromatic rings. The molecule has 1 aliphatic rings. The Labute approximate surface area is 91.5 Å². The van der Waals surface area contributed by atoms with Gasteiger partial charge in [0, 0.05) is 22.4 Å². The second-order valence-electron chi connectivity index (χ2n) is 2.97. The van der Waals surface area contributed by atoms with Crippen molar-refractivity contribution in [1.82, 2.24) is 0 Å². The Morgan fingerprint density at radius 3 is 3.00 bits per heavy atom. The number of hydrogen-bond acceptors (Lipinski definition) is 3. The Balaban J connectivity index is 2.57. The number of aliphatic carboxylic acids is 1. The number of hydrogen-bond donors (Lipinski definition) is 1. The zero-order valence-corrected chi connectivity index (χ0v) is 8.70. The fourth-order valence-electron chi connectivity index (χ4n) is 1.34. The fourth-order valence-corrected chi connectivity index (χ4v) is 2.19. The first kappa shape index (κ1) is 9.98. The lowest BCUT2D eigenvalue weighted by Gasteiger charge is -2.09. The first-order valence-corrected chi connectivity index (χ1v) is 5.46. The summed E-state index contributed by atoms with van der Waals surface area (Å²) in [5.74, 6) is -0.178. The highest BCUT2D eigenvalue weighted by Gasteiger charge is 2.16. The topological polar surface area (TPSA) is 49.7 Å². The van der Waals surface area contributed by atoms with Gasteiger partial charge >= 0.3 is 5.97 Å². The zero-order valence-electron chi connectivity index (χ0n) is 7.88. The van der Waals surface area contributed by atoms with Gasteiger partial charge in [0.2, 0.25) is 0 Å². The van der Waals surface area contributed by atoms with Gasteiger partial charge in [-0.1, -0.05) is 24.3 Å². The van der Waals surface area contributed by atoms with Gasteiger partial charge in [-0.3, -0.25) is 0 Å². The monoisotopic (exact) mass is 219 g/mol. The summed E-state index contributed by atoms with van der Waals surface area (Å²) in [5.41, 5.74) is 0.799. The third-order valence-electron chi connectivity index (χ3n) is 1.99. The van der Waals surface area contributed by atoms with Gasteiger partial charge in [0.15, 0.2) is 5.71 Å². The summed E-state index contributed by atoms with van der Waals surface area (Å²) in [5, 5.41) is 9.03. The summed E-state index contributed by atoms with van der Waals surface area (Å²) in [6, 6.07) is 7.42. The molecule has 0 saturated heterocycles. The molecule has 0 amide bonds. The van der Waals surface area contributed by atoms with Gasteiger partial charge in [-0.15, -0.1) is 11.8 Å². The molecule has 1 heterocycles. The maximum absolute atomic E-state index is 11.0. The molecule has 0 atom stereocenters. The number of benzene rings is 1. The number of carbonyl (C=O) groups is 1. The molecule has 2 rings (SSSR count). The van der Waals surface area contributed by atoms with Gasteiger partial charge in [-0.2, -0.15) is 0 Å². The normalized spacial score (nSPS) is 14.8. The maximum Gasteiger partial charge on any atom is 0.355 e. The summed E-state index contributed by atoms with van der Waals surface area (Å²) in [4.78, 5) is 15.9. The number of nitrogens with zero attached hydrogens (tertiary/aromatic N) is 1. The SMILES string of the molecule is O=C(O)C1=NC=CCSc2ccccc21. The highest BCUT2D eigenvalue weighted by atomic mass is 32.2. The van der Waals surface area contributed by atoms with E-state index in [0.29, 0.717) is 5.56 Å². The summed E-state index contributed by atoms with van der Waals surface area (Å²) >= 11 is 1.61. The van der Waals surface area contributed by atoms with E-state index in [1.165, 1.54) is 0 Å². The van der Waals surface area contributed by atoms with Crippen molar-refractivity contribution in [3.8, 4) is 0 Å². The van der Waals surface area contributed by atoms with Gasteiger partial charge in [-0.25, -0.2) is 9.79 Å². The first-order valence-electron chi connectivity index (χ1n) is 4.47. The Bertz CT molecular complexity index is 452. The molecule has 1 aromatic carbocycles. The van der Waals surface area contributed by atoms with Crippen LogP contribution in [0.1, 0.15) is 5.56 Å². The molecule has 1 aliphatic heterocycles. The fraction of sp³-hybridized carbons (Fsp3) is 0.0909. The van der Waals surface area contributed by atoms with Crippen molar-refractivity contribution in [2.45, 2.75) is 4.90 Å². The second-order valence-corrected chi connectivity index (χ2v) is 4.04. The van der Waals surface area contributed by atoms with E-state index < -0.39 is 5.97 Å². The number of aliphatic imine (C=N–C) groups is 1. The van der Waals surface area contributed by atoms with Crippen molar-refractivity contribution in [2.24, 2.45) is 4.99 Å². The van der Waals surface area contributed by atoms with Crippen LogP contribution in [-0.4, -0.2) is 22.5 Å². The summed E-state index contributed by atoms with van der Waals surface area (Å²) in [7, 11) is 0. The molecule has 0 bridgehead atoms. The van der Waals surface area contributed by atoms with E-state index in [4.69, 9.17) is 5.11 Å². The van der Waals surface area contributed by atoms with Crippen molar-refractivity contribution < 1.29 is 9.90 Å². The highest BCUT2D eigenvalue weighted by molar-refractivity contribution is 7.99. The summed E-state index contributed by atoms with van der Waals surface area (Å²) in [6.07, 6.45) is 3.40. The van der Waals surface area contributed by atoms with Gasteiger partial charge in [0.25, 0.3) is 0 Å². The van der Waals surface area contributed by atoms with Crippen LogP contribution in [0.4, 0.5) is 0 Å². The van der Waals surface area contributed by atoms with Crippen molar-refractivity contribution >= 4 is 23.4 Å². The third-order valence-corrected chi connectivity index (χ3v) is 3.01. The van der Waals surface area contributed by atoms with Crippen LogP contribution in [-0.2, 0) is 4.79 Å². The molecule has 0 saturated carbocycles. The van der Waals surface area contributed by atoms with E-state index in [1.54, 1.807) is 24.0 Å². The molecule has 0 fully saturated rings. The van der Waals surface area contributed by atoms with Crippen molar-refractivity contribution in [1.29, 1.82) is 0 Å². The lowest BCUT2D eigenvalue weighted by Crippen LogP contribution is -2.15.